The van der Waals surface area contributed by atoms with Crippen LogP contribution in [0.2, 0.25) is 0 Å². The van der Waals surface area contributed by atoms with E-state index in [4.69, 9.17) is 12.2 Å². The second kappa shape index (κ2) is 7.54. The van der Waals surface area contributed by atoms with Crippen molar-refractivity contribution < 1.29 is 17.7 Å². The molecular weight excluding hydrogens is 387 g/mol. The number of rotatable bonds is 6. The van der Waals surface area contributed by atoms with E-state index in [1.807, 2.05) is 11.5 Å². The van der Waals surface area contributed by atoms with E-state index in [9.17, 15) is 13.2 Å². The number of imidazole rings is 1. The summed E-state index contributed by atoms with van der Waals surface area (Å²) in [7, 11) is 0. The number of halogens is 3. The van der Waals surface area contributed by atoms with Gasteiger partial charge in [-0.25, -0.2) is 4.98 Å². The first-order valence-corrected chi connectivity index (χ1v) is 8.90. The molecule has 3 rings (SSSR count). The van der Waals surface area contributed by atoms with Crippen molar-refractivity contribution in [3.63, 3.8) is 0 Å². The highest BCUT2D eigenvalue weighted by Crippen LogP contribution is 2.31. The molecule has 3 heterocycles. The number of thiocarbonyl (C=S) groups is 1. The molecule has 0 aliphatic rings. The molecular formula is C15H14F3N5OS2. The van der Waals surface area contributed by atoms with Gasteiger partial charge < -0.3 is 14.4 Å². The van der Waals surface area contributed by atoms with Crippen LogP contribution in [0.3, 0.4) is 0 Å². The van der Waals surface area contributed by atoms with Gasteiger partial charge in [-0.05, 0) is 18.6 Å². The van der Waals surface area contributed by atoms with Gasteiger partial charge in [0.2, 0.25) is 5.82 Å². The molecule has 0 atom stereocenters. The van der Waals surface area contributed by atoms with Crippen LogP contribution in [0.4, 0.5) is 13.2 Å². The molecule has 0 amide bonds. The average Bonchev–Trinajstić information content (AvgIpc) is 3.31. The van der Waals surface area contributed by atoms with E-state index in [1.165, 1.54) is 11.3 Å². The topological polar surface area (TPSA) is 68.8 Å². The second-order valence-corrected chi connectivity index (χ2v) is 6.90. The summed E-state index contributed by atoms with van der Waals surface area (Å²) in [5.41, 5.74) is 0. The molecule has 0 fully saturated rings. The second-order valence-electron chi connectivity index (χ2n) is 5.32. The molecule has 0 bridgehead atoms. The molecule has 0 aliphatic carbocycles. The predicted molar refractivity (Wildman–Crippen MR) is 93.9 cm³/mol. The summed E-state index contributed by atoms with van der Waals surface area (Å²) in [5.74, 6) is -0.798. The van der Waals surface area contributed by atoms with Crippen LogP contribution >= 0.6 is 23.6 Å². The van der Waals surface area contributed by atoms with Crippen molar-refractivity contribution >= 4 is 28.5 Å². The van der Waals surface area contributed by atoms with Crippen molar-refractivity contribution in [2.45, 2.75) is 26.1 Å². The lowest BCUT2D eigenvalue weighted by Crippen LogP contribution is -2.26. The van der Waals surface area contributed by atoms with Crippen molar-refractivity contribution in [2.75, 3.05) is 6.54 Å². The van der Waals surface area contributed by atoms with Gasteiger partial charge in [0, 0.05) is 23.8 Å². The van der Waals surface area contributed by atoms with Crippen LogP contribution in [0, 0.1) is 0 Å². The minimum atomic E-state index is -4.65. The first-order valence-electron chi connectivity index (χ1n) is 7.67. The van der Waals surface area contributed by atoms with Crippen LogP contribution in [0.25, 0.3) is 10.7 Å². The Balaban J connectivity index is 1.75. The summed E-state index contributed by atoms with van der Waals surface area (Å²) in [4.78, 5) is 9.61. The normalized spacial score (nSPS) is 11.7. The number of nitrogens with one attached hydrogen (secondary N) is 1. The van der Waals surface area contributed by atoms with Crippen molar-refractivity contribution in [3.05, 3.63) is 41.1 Å². The zero-order valence-corrected chi connectivity index (χ0v) is 15.2. The van der Waals surface area contributed by atoms with Crippen LogP contribution in [0.15, 0.2) is 29.0 Å². The highest BCUT2D eigenvalue weighted by molar-refractivity contribution is 7.80. The lowest BCUT2D eigenvalue weighted by Gasteiger charge is -2.09. The van der Waals surface area contributed by atoms with Gasteiger partial charge in [-0.3, -0.25) is 0 Å². The standard InChI is InChI=1S/C15H14F3N5OS2/c1-2-5-20-13(25)12-19-6-7-23(12)8-9-3-4-10(26-9)11-21-14(24-22-11)15(16,17)18/h3-4,6-7H,2,5,8H2,1H3,(H,20,25). The number of thiophene rings is 1. The fourth-order valence-electron chi connectivity index (χ4n) is 2.15. The molecule has 138 valence electrons. The Kier molecular flexibility index (Phi) is 5.37. The van der Waals surface area contributed by atoms with Crippen LogP contribution in [-0.4, -0.2) is 31.2 Å². The van der Waals surface area contributed by atoms with Gasteiger partial charge in [-0.2, -0.15) is 18.2 Å². The zero-order valence-electron chi connectivity index (χ0n) is 13.6. The number of alkyl halides is 3. The fraction of sp³-hybridized carbons (Fsp3) is 0.333. The van der Waals surface area contributed by atoms with Crippen molar-refractivity contribution in [1.29, 1.82) is 0 Å². The number of hydrogen-bond donors (Lipinski definition) is 1. The summed E-state index contributed by atoms with van der Waals surface area (Å²) in [5, 5.41) is 6.52. The third-order valence-electron chi connectivity index (χ3n) is 3.33. The summed E-state index contributed by atoms with van der Waals surface area (Å²) in [6.45, 7) is 3.28. The third kappa shape index (κ3) is 4.10. The van der Waals surface area contributed by atoms with Crippen molar-refractivity contribution in [2.24, 2.45) is 0 Å². The molecule has 0 radical (unpaired) electrons. The van der Waals surface area contributed by atoms with E-state index < -0.39 is 12.1 Å². The molecule has 3 aromatic rings. The van der Waals surface area contributed by atoms with Gasteiger partial charge in [-0.15, -0.1) is 11.3 Å². The van der Waals surface area contributed by atoms with E-state index in [0.29, 0.717) is 22.2 Å². The predicted octanol–water partition coefficient (Wildman–Crippen LogP) is 3.74. The summed E-state index contributed by atoms with van der Waals surface area (Å²) < 4.78 is 43.8. The SMILES string of the molecule is CCCNC(=S)c1nccn1Cc1ccc(-c2noc(C(F)(F)F)n2)s1. The number of aromatic nitrogens is 4. The molecule has 0 aliphatic heterocycles. The molecule has 0 aromatic carbocycles. The summed E-state index contributed by atoms with van der Waals surface area (Å²) in [6, 6.07) is 3.46. The molecule has 0 unspecified atom stereocenters. The van der Waals surface area contributed by atoms with Crippen LogP contribution in [0.5, 0.6) is 0 Å². The Bertz CT molecular complexity index is 899. The van der Waals surface area contributed by atoms with Gasteiger partial charge in [0.05, 0.1) is 11.4 Å². The fourth-order valence-corrected chi connectivity index (χ4v) is 3.36. The minimum absolute atomic E-state index is 0.0837. The summed E-state index contributed by atoms with van der Waals surface area (Å²) in [6.07, 6.45) is -0.263. The Morgan fingerprint density at radius 1 is 1.38 bits per heavy atom. The van der Waals surface area contributed by atoms with Crippen molar-refractivity contribution in [3.8, 4) is 10.7 Å². The quantitative estimate of drug-likeness (QED) is 0.635. The molecule has 3 aromatic heterocycles. The molecule has 1 N–H and O–H groups in total. The molecule has 11 heteroatoms. The highest BCUT2D eigenvalue weighted by Gasteiger charge is 2.38. The maximum absolute atomic E-state index is 12.6. The van der Waals surface area contributed by atoms with E-state index in [-0.39, 0.29) is 5.82 Å². The van der Waals surface area contributed by atoms with Gasteiger partial charge in [0.15, 0.2) is 5.82 Å². The van der Waals surface area contributed by atoms with Crippen LogP contribution in [-0.2, 0) is 12.7 Å². The van der Waals surface area contributed by atoms with Crippen molar-refractivity contribution in [1.82, 2.24) is 25.0 Å². The maximum atomic E-state index is 12.6. The van der Waals surface area contributed by atoms with E-state index in [2.05, 4.69) is 25.0 Å². The van der Waals surface area contributed by atoms with Gasteiger partial charge in [0.1, 0.15) is 4.99 Å². The molecule has 0 spiro atoms. The van der Waals surface area contributed by atoms with E-state index in [1.54, 1.807) is 24.5 Å². The Hall–Kier alpha value is -2.27. The first-order chi connectivity index (χ1) is 12.4. The molecule has 6 nitrogen and oxygen atoms in total. The summed E-state index contributed by atoms with van der Waals surface area (Å²) >= 11 is 6.61. The largest absolute Gasteiger partial charge is 0.471 e. The van der Waals surface area contributed by atoms with E-state index >= 15 is 0 Å². The van der Waals surface area contributed by atoms with Crippen LogP contribution in [0.1, 0.15) is 29.9 Å². The molecule has 26 heavy (non-hydrogen) atoms. The van der Waals surface area contributed by atoms with Gasteiger partial charge in [0.25, 0.3) is 0 Å². The number of hydrogen-bond acceptors (Lipinski definition) is 6. The number of nitrogens with zero attached hydrogens (tertiary/aromatic N) is 4. The zero-order chi connectivity index (χ0) is 18.7. The molecule has 0 saturated heterocycles. The first kappa shape index (κ1) is 18.5. The average molecular weight is 401 g/mol. The maximum Gasteiger partial charge on any atom is 0.471 e. The van der Waals surface area contributed by atoms with E-state index in [0.717, 1.165) is 17.8 Å². The lowest BCUT2D eigenvalue weighted by molar-refractivity contribution is -0.159. The smallest absolute Gasteiger partial charge is 0.373 e. The Morgan fingerprint density at radius 3 is 2.88 bits per heavy atom. The monoisotopic (exact) mass is 401 g/mol. The Labute approximate surface area is 156 Å². The minimum Gasteiger partial charge on any atom is -0.373 e. The van der Waals surface area contributed by atoms with Gasteiger partial charge >= 0.3 is 12.1 Å². The Morgan fingerprint density at radius 2 is 2.19 bits per heavy atom. The van der Waals surface area contributed by atoms with Gasteiger partial charge in [-0.1, -0.05) is 24.3 Å². The van der Waals surface area contributed by atoms with Crippen LogP contribution < -0.4 is 5.32 Å². The highest BCUT2D eigenvalue weighted by atomic mass is 32.1. The molecule has 0 saturated carbocycles. The lowest BCUT2D eigenvalue weighted by atomic mass is 10.4. The third-order valence-corrected chi connectivity index (χ3v) is 4.72.